The lowest BCUT2D eigenvalue weighted by Gasteiger charge is -2.15. The van der Waals surface area contributed by atoms with Crippen molar-refractivity contribution < 1.29 is 19.0 Å². The first-order valence-electron chi connectivity index (χ1n) is 7.23. The average molecular weight is 315 g/mol. The lowest BCUT2D eigenvalue weighted by atomic mass is 10.1. The van der Waals surface area contributed by atoms with Gasteiger partial charge in [-0.3, -0.25) is 4.79 Å². The number of carbonyl (C=O) groups is 1. The first-order valence-corrected chi connectivity index (χ1v) is 7.23. The van der Waals surface area contributed by atoms with Crippen LogP contribution >= 0.6 is 0 Å². The molecule has 2 rings (SSSR count). The third-order valence-corrected chi connectivity index (χ3v) is 3.63. The van der Waals surface area contributed by atoms with Crippen molar-refractivity contribution in [2.75, 3.05) is 21.3 Å². The summed E-state index contributed by atoms with van der Waals surface area (Å²) in [6.45, 7) is 2.29. The molecule has 0 unspecified atom stereocenters. The molecule has 0 spiro atoms. The van der Waals surface area contributed by atoms with Crippen molar-refractivity contribution in [3.63, 3.8) is 0 Å². The Bertz CT molecular complexity index is 697. The quantitative estimate of drug-likeness (QED) is 0.890. The van der Waals surface area contributed by atoms with Crippen molar-refractivity contribution in [1.82, 2.24) is 5.32 Å². The number of carbonyl (C=O) groups excluding carboxylic acids is 1. The van der Waals surface area contributed by atoms with Gasteiger partial charge in [0.2, 0.25) is 0 Å². The molecular weight excluding hydrogens is 294 g/mol. The Labute approximate surface area is 136 Å². The molecule has 1 amide bonds. The van der Waals surface area contributed by atoms with E-state index in [1.807, 2.05) is 19.1 Å². The molecular formula is C18H21NO4. The van der Waals surface area contributed by atoms with Gasteiger partial charge in [-0.05, 0) is 37.3 Å². The zero-order valence-corrected chi connectivity index (χ0v) is 13.8. The minimum Gasteiger partial charge on any atom is -0.497 e. The van der Waals surface area contributed by atoms with Crippen molar-refractivity contribution >= 4 is 5.91 Å². The molecule has 5 nitrogen and oxygen atoms in total. The van der Waals surface area contributed by atoms with Gasteiger partial charge in [0.1, 0.15) is 17.2 Å². The SMILES string of the molecule is COc1cccc(C(=O)NCc2ccc(OC)c(C)c2OC)c1. The fourth-order valence-electron chi connectivity index (χ4n) is 2.42. The molecule has 0 aliphatic carbocycles. The van der Waals surface area contributed by atoms with Gasteiger partial charge in [0, 0.05) is 23.2 Å². The van der Waals surface area contributed by atoms with E-state index in [1.165, 1.54) is 0 Å². The van der Waals surface area contributed by atoms with Crippen LogP contribution < -0.4 is 19.5 Å². The topological polar surface area (TPSA) is 56.8 Å². The van der Waals surface area contributed by atoms with Crippen LogP contribution in [-0.2, 0) is 6.54 Å². The Morgan fingerprint density at radius 1 is 1.04 bits per heavy atom. The van der Waals surface area contributed by atoms with Crippen LogP contribution in [0.5, 0.6) is 17.2 Å². The van der Waals surface area contributed by atoms with E-state index in [1.54, 1.807) is 45.6 Å². The lowest BCUT2D eigenvalue weighted by molar-refractivity contribution is 0.0950. The van der Waals surface area contributed by atoms with Gasteiger partial charge in [-0.15, -0.1) is 0 Å². The van der Waals surface area contributed by atoms with E-state index in [9.17, 15) is 4.79 Å². The first kappa shape index (κ1) is 16.7. The number of hydrogen-bond donors (Lipinski definition) is 1. The summed E-state index contributed by atoms with van der Waals surface area (Å²) in [5.74, 6) is 1.95. The predicted octanol–water partition coefficient (Wildman–Crippen LogP) is 2.95. The molecule has 0 aliphatic rings. The average Bonchev–Trinajstić information content (AvgIpc) is 2.59. The fraction of sp³-hybridized carbons (Fsp3) is 0.278. The molecule has 0 aliphatic heterocycles. The molecule has 5 heteroatoms. The summed E-state index contributed by atoms with van der Waals surface area (Å²) < 4.78 is 15.9. The van der Waals surface area contributed by atoms with E-state index in [0.717, 1.165) is 22.6 Å². The van der Waals surface area contributed by atoms with E-state index in [0.29, 0.717) is 17.9 Å². The number of rotatable bonds is 6. The number of benzene rings is 2. The largest absolute Gasteiger partial charge is 0.497 e. The van der Waals surface area contributed by atoms with Crippen LogP contribution in [-0.4, -0.2) is 27.2 Å². The van der Waals surface area contributed by atoms with E-state index < -0.39 is 0 Å². The van der Waals surface area contributed by atoms with E-state index in [-0.39, 0.29) is 5.91 Å². The first-order chi connectivity index (χ1) is 11.1. The number of hydrogen-bond acceptors (Lipinski definition) is 4. The zero-order valence-electron chi connectivity index (χ0n) is 13.8. The van der Waals surface area contributed by atoms with Gasteiger partial charge in [0.25, 0.3) is 5.91 Å². The highest BCUT2D eigenvalue weighted by Gasteiger charge is 2.13. The maximum atomic E-state index is 12.3. The van der Waals surface area contributed by atoms with E-state index in [4.69, 9.17) is 14.2 Å². The summed E-state index contributed by atoms with van der Waals surface area (Å²) in [6.07, 6.45) is 0. The van der Waals surface area contributed by atoms with Gasteiger partial charge < -0.3 is 19.5 Å². The highest BCUT2D eigenvalue weighted by atomic mass is 16.5. The summed E-state index contributed by atoms with van der Waals surface area (Å²) in [5.41, 5.74) is 2.35. The molecule has 2 aromatic carbocycles. The van der Waals surface area contributed by atoms with Gasteiger partial charge in [-0.1, -0.05) is 6.07 Å². The summed E-state index contributed by atoms with van der Waals surface area (Å²) in [5, 5.41) is 2.89. The van der Waals surface area contributed by atoms with E-state index >= 15 is 0 Å². The Kier molecular flexibility index (Phi) is 5.46. The molecule has 2 aromatic rings. The van der Waals surface area contributed by atoms with Gasteiger partial charge in [0.15, 0.2) is 0 Å². The van der Waals surface area contributed by atoms with Crippen LogP contribution in [0.1, 0.15) is 21.5 Å². The van der Waals surface area contributed by atoms with Crippen molar-refractivity contribution in [2.24, 2.45) is 0 Å². The monoisotopic (exact) mass is 315 g/mol. The summed E-state index contributed by atoms with van der Waals surface area (Å²) in [6, 6.07) is 10.8. The third kappa shape index (κ3) is 3.74. The summed E-state index contributed by atoms with van der Waals surface area (Å²) in [7, 11) is 4.79. The molecule has 0 atom stereocenters. The van der Waals surface area contributed by atoms with Crippen molar-refractivity contribution in [2.45, 2.75) is 13.5 Å². The Morgan fingerprint density at radius 2 is 1.83 bits per heavy atom. The normalized spacial score (nSPS) is 10.1. The maximum absolute atomic E-state index is 12.3. The van der Waals surface area contributed by atoms with Crippen LogP contribution in [0.15, 0.2) is 36.4 Å². The van der Waals surface area contributed by atoms with Gasteiger partial charge in [-0.2, -0.15) is 0 Å². The Hall–Kier alpha value is -2.69. The third-order valence-electron chi connectivity index (χ3n) is 3.63. The van der Waals surface area contributed by atoms with Crippen LogP contribution in [0.2, 0.25) is 0 Å². The molecule has 0 heterocycles. The Balaban J connectivity index is 2.14. The Morgan fingerprint density at radius 3 is 2.48 bits per heavy atom. The van der Waals surface area contributed by atoms with Crippen molar-refractivity contribution in [3.8, 4) is 17.2 Å². The number of ether oxygens (including phenoxy) is 3. The second-order valence-corrected chi connectivity index (χ2v) is 5.00. The van der Waals surface area contributed by atoms with Crippen LogP contribution in [0.25, 0.3) is 0 Å². The highest BCUT2D eigenvalue weighted by molar-refractivity contribution is 5.94. The van der Waals surface area contributed by atoms with Crippen LogP contribution in [0.3, 0.4) is 0 Å². The second-order valence-electron chi connectivity index (χ2n) is 5.00. The van der Waals surface area contributed by atoms with Crippen LogP contribution in [0, 0.1) is 6.92 Å². The van der Waals surface area contributed by atoms with Crippen molar-refractivity contribution in [1.29, 1.82) is 0 Å². The minimum absolute atomic E-state index is 0.167. The molecule has 0 aromatic heterocycles. The van der Waals surface area contributed by atoms with Crippen molar-refractivity contribution in [3.05, 3.63) is 53.1 Å². The minimum atomic E-state index is -0.167. The molecule has 122 valence electrons. The number of methoxy groups -OCH3 is 3. The summed E-state index contributed by atoms with van der Waals surface area (Å²) >= 11 is 0. The molecule has 0 fully saturated rings. The highest BCUT2D eigenvalue weighted by Crippen LogP contribution is 2.31. The van der Waals surface area contributed by atoms with Crippen LogP contribution in [0.4, 0.5) is 0 Å². The summed E-state index contributed by atoms with van der Waals surface area (Å²) in [4.78, 5) is 12.3. The maximum Gasteiger partial charge on any atom is 0.251 e. The smallest absolute Gasteiger partial charge is 0.251 e. The second kappa shape index (κ2) is 7.54. The molecule has 0 radical (unpaired) electrons. The zero-order chi connectivity index (χ0) is 16.8. The van der Waals surface area contributed by atoms with E-state index in [2.05, 4.69) is 5.32 Å². The predicted molar refractivity (Wildman–Crippen MR) is 88.4 cm³/mol. The standard InChI is InChI=1S/C18H21NO4/c1-12-16(22-3)9-8-14(17(12)23-4)11-19-18(20)13-6-5-7-15(10-13)21-2/h5-10H,11H2,1-4H3,(H,19,20). The number of amides is 1. The van der Waals surface area contributed by atoms with Gasteiger partial charge >= 0.3 is 0 Å². The molecule has 0 saturated carbocycles. The fourth-order valence-corrected chi connectivity index (χ4v) is 2.42. The van der Waals surface area contributed by atoms with Gasteiger partial charge in [-0.25, -0.2) is 0 Å². The molecule has 0 bridgehead atoms. The molecule has 23 heavy (non-hydrogen) atoms. The number of nitrogens with one attached hydrogen (secondary N) is 1. The molecule has 0 saturated heterocycles. The lowest BCUT2D eigenvalue weighted by Crippen LogP contribution is -2.23. The molecule has 1 N–H and O–H groups in total. The van der Waals surface area contributed by atoms with Gasteiger partial charge in [0.05, 0.1) is 21.3 Å².